The van der Waals surface area contributed by atoms with Crippen LogP contribution in [0.25, 0.3) is 0 Å². The van der Waals surface area contributed by atoms with E-state index >= 15 is 0 Å². The predicted octanol–water partition coefficient (Wildman–Crippen LogP) is 6.02. The highest BCUT2D eigenvalue weighted by Crippen LogP contribution is 2.40. The Balaban J connectivity index is 0. The number of rotatable bonds is 3. The molecule has 0 aromatic rings. The minimum atomic E-state index is 0.713. The van der Waals surface area contributed by atoms with Crippen molar-refractivity contribution in [3.8, 4) is 0 Å². The molecule has 17 heavy (non-hydrogen) atoms. The Morgan fingerprint density at radius 3 is 1.82 bits per heavy atom. The first-order valence-electron chi connectivity index (χ1n) is 7.15. The average molecular weight is 236 g/mol. The Bertz CT molecular complexity index is 222. The van der Waals surface area contributed by atoms with Crippen LogP contribution in [0.5, 0.6) is 0 Å². The Hall–Kier alpha value is -0.780. The van der Waals surface area contributed by atoms with Gasteiger partial charge in [-0.2, -0.15) is 0 Å². The average Bonchev–Trinajstić information content (AvgIpc) is 2.72. The molecule has 3 unspecified atom stereocenters. The minimum Gasteiger partial charge on any atom is -0.0991 e. The standard InChI is InChI=1S/C13H20.2C2H6/c1-5-7-12(6-2)13-9-8-10(3)11(13)4;2*1-2/h5-7,10-11,13H,1-2,8-9H2,3-4H3;2*1-2H3/b12-7+;;. The van der Waals surface area contributed by atoms with Gasteiger partial charge in [0.15, 0.2) is 0 Å². The van der Waals surface area contributed by atoms with E-state index in [0.717, 1.165) is 11.8 Å². The second-order valence-electron chi connectivity index (χ2n) is 4.13. The maximum Gasteiger partial charge on any atom is -0.0134 e. The predicted molar refractivity (Wildman–Crippen MR) is 82.2 cm³/mol. The van der Waals surface area contributed by atoms with Crippen molar-refractivity contribution in [2.24, 2.45) is 17.8 Å². The van der Waals surface area contributed by atoms with Crippen LogP contribution in [-0.4, -0.2) is 0 Å². The Labute approximate surface area is 110 Å². The van der Waals surface area contributed by atoms with Crippen LogP contribution in [0.4, 0.5) is 0 Å². The summed E-state index contributed by atoms with van der Waals surface area (Å²) in [6.07, 6.45) is 8.63. The molecule has 1 saturated carbocycles. The van der Waals surface area contributed by atoms with Gasteiger partial charge in [0.1, 0.15) is 0 Å². The van der Waals surface area contributed by atoms with Crippen LogP contribution in [-0.2, 0) is 0 Å². The molecular formula is C17H32. The summed E-state index contributed by atoms with van der Waals surface area (Å²) in [4.78, 5) is 0. The van der Waals surface area contributed by atoms with E-state index in [1.807, 2.05) is 39.8 Å². The lowest BCUT2D eigenvalue weighted by Gasteiger charge is -2.18. The van der Waals surface area contributed by atoms with Crippen LogP contribution in [0.15, 0.2) is 37.0 Å². The van der Waals surface area contributed by atoms with Gasteiger partial charge in [0.25, 0.3) is 0 Å². The molecule has 1 rings (SSSR count). The summed E-state index contributed by atoms with van der Waals surface area (Å²) in [6.45, 7) is 20.3. The van der Waals surface area contributed by atoms with Gasteiger partial charge in [-0.3, -0.25) is 0 Å². The first kappa shape index (κ1) is 18.6. The fourth-order valence-corrected chi connectivity index (χ4v) is 2.31. The van der Waals surface area contributed by atoms with Crippen molar-refractivity contribution in [3.63, 3.8) is 0 Å². The second-order valence-corrected chi connectivity index (χ2v) is 4.13. The first-order chi connectivity index (χ1) is 8.20. The fourth-order valence-electron chi connectivity index (χ4n) is 2.31. The van der Waals surface area contributed by atoms with E-state index in [1.165, 1.54) is 18.4 Å². The van der Waals surface area contributed by atoms with Crippen molar-refractivity contribution >= 4 is 0 Å². The summed E-state index contributed by atoms with van der Waals surface area (Å²) in [7, 11) is 0. The molecular weight excluding hydrogens is 204 g/mol. The molecule has 0 nitrogen and oxygen atoms in total. The monoisotopic (exact) mass is 236 g/mol. The molecule has 0 aliphatic heterocycles. The van der Waals surface area contributed by atoms with E-state index < -0.39 is 0 Å². The number of hydrogen-bond acceptors (Lipinski definition) is 0. The molecule has 1 aliphatic rings. The SMILES string of the molecule is C=C/C=C(\C=C)C1CCC(C)C1C.CC.CC. The summed E-state index contributed by atoms with van der Waals surface area (Å²) in [5.74, 6) is 2.37. The van der Waals surface area contributed by atoms with E-state index in [-0.39, 0.29) is 0 Å². The van der Waals surface area contributed by atoms with Crippen LogP contribution in [0.2, 0.25) is 0 Å². The van der Waals surface area contributed by atoms with Gasteiger partial charge < -0.3 is 0 Å². The van der Waals surface area contributed by atoms with Crippen molar-refractivity contribution in [1.29, 1.82) is 0 Å². The third-order valence-electron chi connectivity index (χ3n) is 3.44. The van der Waals surface area contributed by atoms with Crippen molar-refractivity contribution in [3.05, 3.63) is 37.0 Å². The van der Waals surface area contributed by atoms with Gasteiger partial charge in [-0.05, 0) is 36.2 Å². The quantitative estimate of drug-likeness (QED) is 0.526. The first-order valence-corrected chi connectivity index (χ1v) is 7.15. The third-order valence-corrected chi connectivity index (χ3v) is 3.44. The molecule has 0 spiro atoms. The highest BCUT2D eigenvalue weighted by atomic mass is 14.4. The van der Waals surface area contributed by atoms with Gasteiger partial charge in [0.05, 0.1) is 0 Å². The molecule has 3 atom stereocenters. The molecule has 0 bridgehead atoms. The summed E-state index contributed by atoms with van der Waals surface area (Å²) < 4.78 is 0. The summed E-state index contributed by atoms with van der Waals surface area (Å²) >= 11 is 0. The molecule has 0 heteroatoms. The molecule has 0 aromatic heterocycles. The number of allylic oxidation sites excluding steroid dienone is 4. The topological polar surface area (TPSA) is 0 Å². The minimum absolute atomic E-state index is 0.713. The molecule has 1 aliphatic carbocycles. The molecule has 0 amide bonds. The molecule has 0 heterocycles. The summed E-state index contributed by atoms with van der Waals surface area (Å²) in [5, 5.41) is 0. The molecule has 0 aromatic carbocycles. The van der Waals surface area contributed by atoms with Crippen LogP contribution in [0.1, 0.15) is 54.4 Å². The van der Waals surface area contributed by atoms with Gasteiger partial charge >= 0.3 is 0 Å². The number of hydrogen-bond donors (Lipinski definition) is 0. The summed E-state index contributed by atoms with van der Waals surface area (Å²) in [6, 6.07) is 0. The lowest BCUT2D eigenvalue weighted by atomic mass is 9.86. The van der Waals surface area contributed by atoms with Gasteiger partial charge in [0, 0.05) is 0 Å². The zero-order valence-electron chi connectivity index (χ0n) is 12.8. The van der Waals surface area contributed by atoms with Crippen LogP contribution < -0.4 is 0 Å². The van der Waals surface area contributed by atoms with E-state index in [9.17, 15) is 0 Å². The van der Waals surface area contributed by atoms with E-state index in [4.69, 9.17) is 0 Å². The summed E-state index contributed by atoms with van der Waals surface area (Å²) in [5.41, 5.74) is 1.37. The van der Waals surface area contributed by atoms with E-state index in [1.54, 1.807) is 0 Å². The van der Waals surface area contributed by atoms with Gasteiger partial charge in [-0.15, -0.1) is 0 Å². The Kier molecular flexibility index (Phi) is 12.8. The van der Waals surface area contributed by atoms with Crippen LogP contribution >= 0.6 is 0 Å². The lowest BCUT2D eigenvalue weighted by molar-refractivity contribution is 0.398. The molecule has 0 N–H and O–H groups in total. The van der Waals surface area contributed by atoms with Crippen molar-refractivity contribution in [2.75, 3.05) is 0 Å². The Morgan fingerprint density at radius 1 is 1.00 bits per heavy atom. The zero-order valence-corrected chi connectivity index (χ0v) is 12.8. The third kappa shape index (κ3) is 5.91. The highest BCUT2D eigenvalue weighted by Gasteiger charge is 2.30. The van der Waals surface area contributed by atoms with Gasteiger partial charge in [-0.1, -0.05) is 72.9 Å². The van der Waals surface area contributed by atoms with Crippen LogP contribution in [0.3, 0.4) is 0 Å². The van der Waals surface area contributed by atoms with Crippen LogP contribution in [0, 0.1) is 17.8 Å². The highest BCUT2D eigenvalue weighted by molar-refractivity contribution is 5.25. The smallest absolute Gasteiger partial charge is 0.0134 e. The molecule has 0 saturated heterocycles. The molecule has 100 valence electrons. The van der Waals surface area contributed by atoms with Gasteiger partial charge in [-0.25, -0.2) is 0 Å². The largest absolute Gasteiger partial charge is 0.0991 e. The van der Waals surface area contributed by atoms with E-state index in [0.29, 0.717) is 5.92 Å². The molecule has 0 radical (unpaired) electrons. The van der Waals surface area contributed by atoms with Crippen molar-refractivity contribution in [1.82, 2.24) is 0 Å². The van der Waals surface area contributed by atoms with Gasteiger partial charge in [0.2, 0.25) is 0 Å². The molecule has 1 fully saturated rings. The van der Waals surface area contributed by atoms with Crippen molar-refractivity contribution in [2.45, 2.75) is 54.4 Å². The maximum absolute atomic E-state index is 3.87. The van der Waals surface area contributed by atoms with Crippen molar-refractivity contribution < 1.29 is 0 Å². The second kappa shape index (κ2) is 11.7. The lowest BCUT2D eigenvalue weighted by Crippen LogP contribution is -2.10. The van der Waals surface area contributed by atoms with E-state index in [2.05, 4.69) is 33.1 Å². The Morgan fingerprint density at radius 2 is 1.53 bits per heavy atom. The normalized spacial score (nSPS) is 27.2. The maximum atomic E-state index is 3.87. The zero-order chi connectivity index (χ0) is 13.8. The fraction of sp³-hybridized carbons (Fsp3) is 0.647.